The Morgan fingerprint density at radius 3 is 2.50 bits per heavy atom. The normalized spacial score (nSPS) is 11.1. The summed E-state index contributed by atoms with van der Waals surface area (Å²) < 4.78 is 0. The number of rotatable bonds is 3. The maximum absolute atomic E-state index is 11.7. The molecule has 5 heteroatoms. The summed E-state index contributed by atoms with van der Waals surface area (Å²) in [5, 5.41) is 21.6. The monoisotopic (exact) mass is 345 g/mol. The average Bonchev–Trinajstić information content (AvgIpc) is 2.66. The van der Waals surface area contributed by atoms with Crippen molar-refractivity contribution >= 4 is 27.5 Å². The molecule has 5 nitrogen and oxygen atoms in total. The topological polar surface area (TPSA) is 90.4 Å². The van der Waals surface area contributed by atoms with E-state index < -0.39 is 5.97 Å². The molecular weight excluding hydrogens is 330 g/mol. The van der Waals surface area contributed by atoms with Crippen molar-refractivity contribution in [3.05, 3.63) is 82.3 Å². The zero-order valence-corrected chi connectivity index (χ0v) is 13.7. The van der Waals surface area contributed by atoms with E-state index in [1.54, 1.807) is 12.3 Å². The number of carbonyl (C=O) groups is 1. The molecule has 0 bridgehead atoms. The SMILES string of the molecule is O=C(O)c1cc2cc(=O)[nH]cc2c2cc(-c3cccc(CO)c3)ccc12. The molecule has 3 aromatic carbocycles. The number of aromatic amines is 1. The Balaban J connectivity index is 2.06. The lowest BCUT2D eigenvalue weighted by molar-refractivity contribution is 0.0699. The molecule has 26 heavy (non-hydrogen) atoms. The Kier molecular flexibility index (Phi) is 3.78. The van der Waals surface area contributed by atoms with E-state index in [1.807, 2.05) is 36.4 Å². The van der Waals surface area contributed by atoms with Crippen LogP contribution < -0.4 is 5.56 Å². The highest BCUT2D eigenvalue weighted by molar-refractivity contribution is 6.16. The minimum absolute atomic E-state index is 0.0469. The Labute approximate surface area is 148 Å². The zero-order valence-electron chi connectivity index (χ0n) is 13.7. The smallest absolute Gasteiger partial charge is 0.336 e. The van der Waals surface area contributed by atoms with Crippen LogP contribution in [0.25, 0.3) is 32.7 Å². The van der Waals surface area contributed by atoms with Gasteiger partial charge in [0.05, 0.1) is 12.2 Å². The molecule has 0 saturated heterocycles. The second-order valence-electron chi connectivity index (χ2n) is 6.15. The average molecular weight is 345 g/mol. The van der Waals surface area contributed by atoms with Crippen LogP contribution in [0, 0.1) is 0 Å². The van der Waals surface area contributed by atoms with Gasteiger partial charge in [-0.15, -0.1) is 0 Å². The van der Waals surface area contributed by atoms with Gasteiger partial charge in [0.2, 0.25) is 5.56 Å². The van der Waals surface area contributed by atoms with E-state index in [1.165, 1.54) is 12.1 Å². The van der Waals surface area contributed by atoms with Crippen LogP contribution in [0.2, 0.25) is 0 Å². The van der Waals surface area contributed by atoms with E-state index in [4.69, 9.17) is 0 Å². The highest BCUT2D eigenvalue weighted by Crippen LogP contribution is 2.32. The first-order valence-electron chi connectivity index (χ1n) is 8.09. The van der Waals surface area contributed by atoms with Gasteiger partial charge in [-0.2, -0.15) is 0 Å². The number of H-pyrrole nitrogens is 1. The third kappa shape index (κ3) is 2.64. The Bertz CT molecular complexity index is 1220. The van der Waals surface area contributed by atoms with Crippen molar-refractivity contribution in [2.24, 2.45) is 0 Å². The number of benzene rings is 3. The van der Waals surface area contributed by atoms with E-state index in [0.29, 0.717) is 10.8 Å². The van der Waals surface area contributed by atoms with Crippen molar-refractivity contribution in [1.29, 1.82) is 0 Å². The Morgan fingerprint density at radius 1 is 0.923 bits per heavy atom. The number of aliphatic hydroxyl groups excluding tert-OH is 1. The molecule has 0 fully saturated rings. The summed E-state index contributed by atoms with van der Waals surface area (Å²) in [6.07, 6.45) is 1.61. The largest absolute Gasteiger partial charge is 0.478 e. The number of aromatic carboxylic acids is 1. The first kappa shape index (κ1) is 16.1. The molecule has 0 aliphatic carbocycles. The first-order valence-corrected chi connectivity index (χ1v) is 8.09. The summed E-state index contributed by atoms with van der Waals surface area (Å²) in [6, 6.07) is 16.0. The molecule has 0 saturated carbocycles. The van der Waals surface area contributed by atoms with Gasteiger partial charge in [-0.3, -0.25) is 4.79 Å². The number of fused-ring (bicyclic) bond motifs is 3. The third-order valence-corrected chi connectivity index (χ3v) is 4.53. The first-order chi connectivity index (χ1) is 12.6. The molecule has 0 aliphatic rings. The highest BCUT2D eigenvalue weighted by Gasteiger charge is 2.13. The molecule has 4 rings (SSSR count). The van der Waals surface area contributed by atoms with Crippen molar-refractivity contribution < 1.29 is 15.0 Å². The molecule has 128 valence electrons. The zero-order chi connectivity index (χ0) is 18.3. The lowest BCUT2D eigenvalue weighted by Crippen LogP contribution is -2.04. The second-order valence-corrected chi connectivity index (χ2v) is 6.15. The van der Waals surface area contributed by atoms with Gasteiger partial charge < -0.3 is 15.2 Å². The van der Waals surface area contributed by atoms with E-state index in [9.17, 15) is 19.8 Å². The van der Waals surface area contributed by atoms with Crippen LogP contribution in [0.3, 0.4) is 0 Å². The molecule has 0 spiro atoms. The van der Waals surface area contributed by atoms with Crippen LogP contribution in [-0.4, -0.2) is 21.2 Å². The number of aromatic nitrogens is 1. The number of pyridine rings is 1. The predicted octanol–water partition coefficient (Wildman–Crippen LogP) is 3.54. The van der Waals surface area contributed by atoms with E-state index in [2.05, 4.69) is 4.98 Å². The van der Waals surface area contributed by atoms with Crippen LogP contribution in [0.4, 0.5) is 0 Å². The van der Waals surface area contributed by atoms with Crippen LogP contribution in [0.1, 0.15) is 15.9 Å². The third-order valence-electron chi connectivity index (χ3n) is 4.53. The standard InChI is InChI=1S/C21H15NO4/c23-11-12-2-1-3-13(6-12)14-4-5-16-17(7-14)19-10-22-20(24)9-15(19)8-18(16)21(25)26/h1-10,23H,11H2,(H,22,24)(H,25,26). The lowest BCUT2D eigenvalue weighted by atomic mass is 9.94. The van der Waals surface area contributed by atoms with Gasteiger partial charge in [-0.25, -0.2) is 4.79 Å². The van der Waals surface area contributed by atoms with Crippen molar-refractivity contribution in [2.45, 2.75) is 6.61 Å². The molecular formula is C21H15NO4. The minimum Gasteiger partial charge on any atom is -0.478 e. The van der Waals surface area contributed by atoms with Crippen molar-refractivity contribution in [3.63, 3.8) is 0 Å². The molecule has 0 atom stereocenters. The maximum Gasteiger partial charge on any atom is 0.336 e. The van der Waals surface area contributed by atoms with E-state index in [-0.39, 0.29) is 17.7 Å². The molecule has 4 aromatic rings. The fourth-order valence-electron chi connectivity index (χ4n) is 3.28. The number of aliphatic hydroxyl groups is 1. The van der Waals surface area contributed by atoms with Gasteiger partial charge >= 0.3 is 5.97 Å². The Hall–Kier alpha value is -3.44. The summed E-state index contributed by atoms with van der Waals surface area (Å²) >= 11 is 0. The molecule has 0 unspecified atom stereocenters. The van der Waals surface area contributed by atoms with Gasteiger partial charge in [0.25, 0.3) is 0 Å². The summed E-state index contributed by atoms with van der Waals surface area (Å²) in [4.78, 5) is 26.0. The van der Waals surface area contributed by atoms with Gasteiger partial charge in [0.15, 0.2) is 0 Å². The second kappa shape index (κ2) is 6.13. The number of carboxylic acid groups (broad SMARTS) is 1. The number of hydrogen-bond donors (Lipinski definition) is 3. The van der Waals surface area contributed by atoms with Gasteiger partial charge in [0.1, 0.15) is 0 Å². The molecule has 0 aliphatic heterocycles. The molecule has 3 N–H and O–H groups in total. The summed E-state index contributed by atoms with van der Waals surface area (Å²) in [5.74, 6) is -1.03. The molecule has 1 heterocycles. The maximum atomic E-state index is 11.7. The molecule has 0 radical (unpaired) electrons. The van der Waals surface area contributed by atoms with Crippen molar-refractivity contribution in [2.75, 3.05) is 0 Å². The van der Waals surface area contributed by atoms with Crippen molar-refractivity contribution in [3.8, 4) is 11.1 Å². The minimum atomic E-state index is -1.03. The van der Waals surface area contributed by atoms with Gasteiger partial charge in [-0.05, 0) is 51.0 Å². The number of nitrogens with one attached hydrogen (secondary N) is 1. The summed E-state index contributed by atoms with van der Waals surface area (Å²) in [7, 11) is 0. The van der Waals surface area contributed by atoms with Crippen molar-refractivity contribution in [1.82, 2.24) is 4.98 Å². The fraction of sp³-hybridized carbons (Fsp3) is 0.0476. The molecule has 0 amide bonds. The predicted molar refractivity (Wildman–Crippen MR) is 100 cm³/mol. The number of carboxylic acids is 1. The highest BCUT2D eigenvalue weighted by atomic mass is 16.4. The summed E-state index contributed by atoms with van der Waals surface area (Å²) in [6.45, 7) is -0.0469. The van der Waals surface area contributed by atoms with Gasteiger partial charge in [-0.1, -0.05) is 30.3 Å². The fourth-order valence-corrected chi connectivity index (χ4v) is 3.28. The van der Waals surface area contributed by atoms with Crippen LogP contribution in [0.15, 0.2) is 65.6 Å². The molecule has 1 aromatic heterocycles. The van der Waals surface area contributed by atoms with Crippen LogP contribution in [-0.2, 0) is 6.61 Å². The van der Waals surface area contributed by atoms with E-state index in [0.717, 1.165) is 27.5 Å². The van der Waals surface area contributed by atoms with Crippen LogP contribution in [0.5, 0.6) is 0 Å². The van der Waals surface area contributed by atoms with E-state index >= 15 is 0 Å². The lowest BCUT2D eigenvalue weighted by Gasteiger charge is -2.10. The van der Waals surface area contributed by atoms with Crippen LogP contribution >= 0.6 is 0 Å². The summed E-state index contributed by atoms with van der Waals surface area (Å²) in [5.41, 5.74) is 2.52. The quantitative estimate of drug-likeness (QED) is 0.495. The number of hydrogen-bond acceptors (Lipinski definition) is 3. The Morgan fingerprint density at radius 2 is 1.73 bits per heavy atom. The van der Waals surface area contributed by atoms with Gasteiger partial charge in [0, 0.05) is 17.6 Å².